The van der Waals surface area contributed by atoms with Gasteiger partial charge in [-0.1, -0.05) is 6.92 Å². The highest BCUT2D eigenvalue weighted by Crippen LogP contribution is 2.32. The summed E-state index contributed by atoms with van der Waals surface area (Å²) in [7, 11) is 0. The normalized spacial score (nSPS) is 12.5. The third-order valence-corrected chi connectivity index (χ3v) is 4.52. The van der Waals surface area contributed by atoms with Gasteiger partial charge in [-0.05, 0) is 19.4 Å². The lowest BCUT2D eigenvalue weighted by atomic mass is 10.2. The van der Waals surface area contributed by atoms with Crippen molar-refractivity contribution < 1.29 is 14.6 Å². The minimum Gasteiger partial charge on any atom is -0.478 e. The van der Waals surface area contributed by atoms with Crippen LogP contribution in [0.15, 0.2) is 16.8 Å². The van der Waals surface area contributed by atoms with E-state index in [2.05, 4.69) is 11.9 Å². The Balaban J connectivity index is 2.21. The molecule has 2 aromatic heterocycles. The summed E-state index contributed by atoms with van der Waals surface area (Å²) in [5.74, 6) is -0.904. The molecule has 0 bridgehead atoms. The first-order chi connectivity index (χ1) is 9.15. The molecule has 0 saturated carbocycles. The molecule has 19 heavy (non-hydrogen) atoms. The van der Waals surface area contributed by atoms with E-state index < -0.39 is 5.97 Å². The largest absolute Gasteiger partial charge is 0.478 e. The van der Waals surface area contributed by atoms with Crippen LogP contribution in [0.5, 0.6) is 0 Å². The van der Waals surface area contributed by atoms with Crippen molar-refractivity contribution in [2.75, 3.05) is 6.61 Å². The van der Waals surface area contributed by atoms with E-state index in [1.807, 2.05) is 12.3 Å². The molecular weight excluding hydrogens is 282 g/mol. The maximum atomic E-state index is 10.9. The number of aromatic carboxylic acids is 1. The van der Waals surface area contributed by atoms with Crippen molar-refractivity contribution in [2.45, 2.75) is 26.4 Å². The van der Waals surface area contributed by atoms with Gasteiger partial charge in [0.05, 0.1) is 16.1 Å². The Morgan fingerprint density at radius 2 is 2.21 bits per heavy atom. The topological polar surface area (TPSA) is 59.4 Å². The predicted octanol–water partition coefficient (Wildman–Crippen LogP) is 4.06. The van der Waals surface area contributed by atoms with Gasteiger partial charge in [-0.3, -0.25) is 0 Å². The highest BCUT2D eigenvalue weighted by Gasteiger charge is 2.16. The van der Waals surface area contributed by atoms with Gasteiger partial charge in [0.25, 0.3) is 0 Å². The number of aromatic nitrogens is 1. The summed E-state index contributed by atoms with van der Waals surface area (Å²) in [4.78, 5) is 16.3. The fraction of sp³-hybridized carbons (Fsp3) is 0.385. The molecule has 1 unspecified atom stereocenters. The van der Waals surface area contributed by atoms with Gasteiger partial charge in [0.2, 0.25) is 0 Å². The first kappa shape index (κ1) is 14.2. The number of hydrogen-bond donors (Lipinski definition) is 1. The van der Waals surface area contributed by atoms with Gasteiger partial charge in [-0.2, -0.15) is 0 Å². The molecule has 2 heterocycles. The molecule has 0 amide bonds. The molecule has 6 heteroatoms. The molecular formula is C13H15NO3S2. The summed E-state index contributed by atoms with van der Waals surface area (Å²) >= 11 is 2.96. The SMILES string of the molecule is CCOC(CC)c1nc(-c2cc(C(=O)O)cs2)cs1. The number of nitrogens with zero attached hydrogens (tertiary/aromatic N) is 1. The molecule has 2 rings (SSSR count). The lowest BCUT2D eigenvalue weighted by Crippen LogP contribution is -2.02. The van der Waals surface area contributed by atoms with Gasteiger partial charge in [-0.15, -0.1) is 22.7 Å². The number of ether oxygens (including phenoxy) is 1. The number of thiazole rings is 1. The smallest absolute Gasteiger partial charge is 0.336 e. The van der Waals surface area contributed by atoms with Crippen LogP contribution in [-0.2, 0) is 4.74 Å². The zero-order chi connectivity index (χ0) is 13.8. The third kappa shape index (κ3) is 3.20. The van der Waals surface area contributed by atoms with Crippen molar-refractivity contribution in [1.82, 2.24) is 4.98 Å². The van der Waals surface area contributed by atoms with Crippen LogP contribution < -0.4 is 0 Å². The van der Waals surface area contributed by atoms with Crippen LogP contribution in [0.25, 0.3) is 10.6 Å². The predicted molar refractivity (Wildman–Crippen MR) is 77.0 cm³/mol. The molecule has 0 fully saturated rings. The second-order valence-corrected chi connectivity index (χ2v) is 5.73. The first-order valence-electron chi connectivity index (χ1n) is 6.04. The van der Waals surface area contributed by atoms with E-state index in [-0.39, 0.29) is 6.10 Å². The molecule has 0 radical (unpaired) electrons. The maximum absolute atomic E-state index is 10.9. The lowest BCUT2D eigenvalue weighted by Gasteiger charge is -2.10. The second kappa shape index (κ2) is 6.27. The van der Waals surface area contributed by atoms with Crippen LogP contribution in [-0.4, -0.2) is 22.7 Å². The monoisotopic (exact) mass is 297 g/mol. The van der Waals surface area contributed by atoms with Crippen LogP contribution in [0.4, 0.5) is 0 Å². The average molecular weight is 297 g/mol. The Bertz CT molecular complexity index is 562. The summed E-state index contributed by atoms with van der Waals surface area (Å²) in [6.45, 7) is 4.69. The molecule has 2 aromatic rings. The number of carboxylic acids is 1. The minimum absolute atomic E-state index is 0.0302. The summed E-state index contributed by atoms with van der Waals surface area (Å²) in [5.41, 5.74) is 1.14. The van der Waals surface area contributed by atoms with Crippen molar-refractivity contribution in [1.29, 1.82) is 0 Å². The van der Waals surface area contributed by atoms with Crippen molar-refractivity contribution in [3.63, 3.8) is 0 Å². The van der Waals surface area contributed by atoms with Gasteiger partial charge in [-0.25, -0.2) is 9.78 Å². The molecule has 1 atom stereocenters. The zero-order valence-corrected chi connectivity index (χ0v) is 12.4. The number of carbonyl (C=O) groups is 1. The Kier molecular flexibility index (Phi) is 4.68. The number of hydrogen-bond acceptors (Lipinski definition) is 5. The van der Waals surface area contributed by atoms with E-state index in [0.717, 1.165) is 22.0 Å². The minimum atomic E-state index is -0.904. The Labute approximate surface area is 119 Å². The second-order valence-electron chi connectivity index (χ2n) is 3.93. The summed E-state index contributed by atoms with van der Waals surface area (Å²) < 4.78 is 5.63. The van der Waals surface area contributed by atoms with Crippen molar-refractivity contribution in [2.24, 2.45) is 0 Å². The molecule has 0 saturated heterocycles. The zero-order valence-electron chi connectivity index (χ0n) is 10.8. The van der Waals surface area contributed by atoms with Crippen molar-refractivity contribution in [3.05, 3.63) is 27.4 Å². The van der Waals surface area contributed by atoms with Gasteiger partial charge in [0.15, 0.2) is 0 Å². The van der Waals surface area contributed by atoms with E-state index in [0.29, 0.717) is 12.2 Å². The maximum Gasteiger partial charge on any atom is 0.336 e. The molecule has 0 aliphatic heterocycles. The van der Waals surface area contributed by atoms with Crippen LogP contribution in [0, 0.1) is 0 Å². The van der Waals surface area contributed by atoms with Crippen molar-refractivity contribution >= 4 is 28.6 Å². The Morgan fingerprint density at radius 3 is 2.79 bits per heavy atom. The summed E-state index contributed by atoms with van der Waals surface area (Å²) in [5, 5.41) is 13.5. The Morgan fingerprint density at radius 1 is 1.42 bits per heavy atom. The molecule has 0 spiro atoms. The summed E-state index contributed by atoms with van der Waals surface area (Å²) in [6, 6.07) is 1.66. The average Bonchev–Trinajstić information content (AvgIpc) is 3.03. The molecule has 1 N–H and O–H groups in total. The van der Waals surface area contributed by atoms with E-state index in [1.165, 1.54) is 11.3 Å². The standard InChI is InChI=1S/C13H15NO3S2/c1-3-10(17-4-2)12-14-9(7-19-12)11-5-8(6-18-11)13(15)16/h5-7,10H,3-4H2,1-2H3,(H,15,16). The number of carboxylic acid groups (broad SMARTS) is 1. The van der Waals surface area contributed by atoms with E-state index >= 15 is 0 Å². The molecule has 102 valence electrons. The molecule has 4 nitrogen and oxygen atoms in total. The van der Waals surface area contributed by atoms with Crippen LogP contribution >= 0.6 is 22.7 Å². The fourth-order valence-electron chi connectivity index (χ4n) is 1.70. The van der Waals surface area contributed by atoms with Crippen molar-refractivity contribution in [3.8, 4) is 10.6 Å². The summed E-state index contributed by atoms with van der Waals surface area (Å²) in [6.07, 6.45) is 0.911. The molecule has 0 aromatic carbocycles. The first-order valence-corrected chi connectivity index (χ1v) is 7.80. The lowest BCUT2D eigenvalue weighted by molar-refractivity contribution is 0.0597. The quantitative estimate of drug-likeness (QED) is 0.873. The highest BCUT2D eigenvalue weighted by molar-refractivity contribution is 7.14. The van der Waals surface area contributed by atoms with Gasteiger partial charge in [0.1, 0.15) is 11.1 Å². The van der Waals surface area contributed by atoms with E-state index in [1.54, 1.807) is 22.8 Å². The van der Waals surface area contributed by atoms with Gasteiger partial charge in [0, 0.05) is 17.4 Å². The third-order valence-electron chi connectivity index (χ3n) is 2.63. The molecule has 0 aliphatic rings. The fourth-order valence-corrected chi connectivity index (χ4v) is 3.56. The van der Waals surface area contributed by atoms with Gasteiger partial charge < -0.3 is 9.84 Å². The van der Waals surface area contributed by atoms with Crippen LogP contribution in [0.2, 0.25) is 0 Å². The number of rotatable bonds is 6. The number of thiophene rings is 1. The Hall–Kier alpha value is -1.24. The van der Waals surface area contributed by atoms with Gasteiger partial charge >= 0.3 is 5.97 Å². The van der Waals surface area contributed by atoms with E-state index in [9.17, 15) is 4.79 Å². The van der Waals surface area contributed by atoms with Crippen LogP contribution in [0.3, 0.4) is 0 Å². The van der Waals surface area contributed by atoms with Crippen LogP contribution in [0.1, 0.15) is 41.7 Å². The van der Waals surface area contributed by atoms with E-state index in [4.69, 9.17) is 9.84 Å². The highest BCUT2D eigenvalue weighted by atomic mass is 32.1. The molecule has 0 aliphatic carbocycles.